The van der Waals surface area contributed by atoms with Crippen molar-refractivity contribution in [2.24, 2.45) is 11.8 Å². The largest absolute Gasteiger partial charge is 0.396 e. The van der Waals surface area contributed by atoms with Crippen molar-refractivity contribution in [3.05, 3.63) is 0 Å². The summed E-state index contributed by atoms with van der Waals surface area (Å²) in [5.74, 6) is 0.964. The van der Waals surface area contributed by atoms with E-state index in [1.807, 2.05) is 0 Å². The van der Waals surface area contributed by atoms with Crippen LogP contribution in [0.2, 0.25) is 0 Å². The molecule has 0 aromatic carbocycles. The number of rotatable bonds is 6. The summed E-state index contributed by atoms with van der Waals surface area (Å²) in [6.07, 6.45) is 2.07. The third kappa shape index (κ3) is 6.05. The molecule has 0 aliphatic carbocycles. The van der Waals surface area contributed by atoms with Gasteiger partial charge in [0.25, 0.3) is 0 Å². The van der Waals surface area contributed by atoms with Gasteiger partial charge in [0.15, 0.2) is 0 Å². The van der Waals surface area contributed by atoms with Gasteiger partial charge in [-0.15, -0.1) is 0 Å². The van der Waals surface area contributed by atoms with Crippen molar-refractivity contribution in [3.63, 3.8) is 0 Å². The van der Waals surface area contributed by atoms with Crippen LogP contribution < -0.4 is 0 Å². The Labute approximate surface area is 82.0 Å². The fourth-order valence-corrected chi connectivity index (χ4v) is 2.02. The predicted molar refractivity (Wildman–Crippen MR) is 55.6 cm³/mol. The first-order chi connectivity index (χ1) is 5.89. The van der Waals surface area contributed by atoms with E-state index in [1.54, 1.807) is 0 Å². The van der Waals surface area contributed by atoms with Crippen LogP contribution in [0.1, 0.15) is 47.0 Å². The van der Waals surface area contributed by atoms with Crippen molar-refractivity contribution < 1.29 is 10.2 Å². The minimum absolute atomic E-state index is 0.0793. The predicted octanol–water partition coefficient (Wildman–Crippen LogP) is 2.19. The zero-order valence-electron chi connectivity index (χ0n) is 9.38. The maximum atomic E-state index is 10.2. The standard InChI is InChI=1S/C11H24O2/c1-9(2)7-11(13,5-6-12)8-10(3)4/h9-10,12-13H,5-8H2,1-4H3. The molecule has 0 rings (SSSR count). The molecule has 0 amide bonds. The van der Waals surface area contributed by atoms with Crippen LogP contribution in [0.15, 0.2) is 0 Å². The van der Waals surface area contributed by atoms with Crippen molar-refractivity contribution in [2.45, 2.75) is 52.6 Å². The van der Waals surface area contributed by atoms with Gasteiger partial charge in [-0.25, -0.2) is 0 Å². The molecule has 2 heteroatoms. The molecular formula is C11H24O2. The maximum absolute atomic E-state index is 10.2. The summed E-state index contributed by atoms with van der Waals surface area (Å²) < 4.78 is 0. The van der Waals surface area contributed by atoms with Crippen LogP contribution in [0, 0.1) is 11.8 Å². The smallest absolute Gasteiger partial charge is 0.0674 e. The first kappa shape index (κ1) is 12.9. The van der Waals surface area contributed by atoms with Gasteiger partial charge in [-0.1, -0.05) is 27.7 Å². The van der Waals surface area contributed by atoms with Gasteiger partial charge in [0.1, 0.15) is 0 Å². The molecule has 0 fully saturated rings. The molecule has 0 radical (unpaired) electrons. The number of aliphatic hydroxyl groups is 2. The SMILES string of the molecule is CC(C)CC(O)(CCO)CC(C)C. The molecule has 0 atom stereocenters. The Morgan fingerprint density at radius 1 is 1.00 bits per heavy atom. The number of aliphatic hydroxyl groups excluding tert-OH is 1. The fourth-order valence-electron chi connectivity index (χ4n) is 2.02. The van der Waals surface area contributed by atoms with E-state index in [2.05, 4.69) is 27.7 Å². The summed E-state index contributed by atoms with van der Waals surface area (Å²) in [6.45, 7) is 8.48. The Kier molecular flexibility index (Phi) is 5.57. The van der Waals surface area contributed by atoms with Gasteiger partial charge in [-0.3, -0.25) is 0 Å². The Bertz CT molecular complexity index is 120. The average molecular weight is 188 g/mol. The van der Waals surface area contributed by atoms with Gasteiger partial charge >= 0.3 is 0 Å². The maximum Gasteiger partial charge on any atom is 0.0674 e. The second-order valence-corrected chi connectivity index (χ2v) is 4.89. The second-order valence-electron chi connectivity index (χ2n) is 4.89. The normalized spacial score (nSPS) is 12.9. The molecule has 0 aliphatic heterocycles. The molecule has 2 N–H and O–H groups in total. The Morgan fingerprint density at radius 3 is 1.62 bits per heavy atom. The summed E-state index contributed by atoms with van der Waals surface area (Å²) in [5.41, 5.74) is -0.656. The van der Waals surface area contributed by atoms with Gasteiger partial charge in [-0.05, 0) is 31.1 Å². The molecule has 0 saturated heterocycles. The lowest BCUT2D eigenvalue weighted by Gasteiger charge is -2.31. The van der Waals surface area contributed by atoms with E-state index in [9.17, 15) is 5.11 Å². The third-order valence-corrected chi connectivity index (χ3v) is 2.15. The highest BCUT2D eigenvalue weighted by Gasteiger charge is 2.28. The second kappa shape index (κ2) is 5.61. The summed E-state index contributed by atoms with van der Waals surface area (Å²) in [7, 11) is 0. The van der Waals surface area contributed by atoms with E-state index < -0.39 is 5.60 Å². The van der Waals surface area contributed by atoms with Crippen molar-refractivity contribution in [2.75, 3.05) is 6.61 Å². The van der Waals surface area contributed by atoms with Gasteiger partial charge in [-0.2, -0.15) is 0 Å². The molecule has 2 nitrogen and oxygen atoms in total. The van der Waals surface area contributed by atoms with Crippen molar-refractivity contribution in [3.8, 4) is 0 Å². The summed E-state index contributed by atoms with van der Waals surface area (Å²) in [6, 6.07) is 0. The summed E-state index contributed by atoms with van der Waals surface area (Å²) >= 11 is 0. The molecule has 13 heavy (non-hydrogen) atoms. The molecule has 0 aliphatic rings. The van der Waals surface area contributed by atoms with Gasteiger partial charge in [0.05, 0.1) is 5.60 Å². The molecule has 0 aromatic heterocycles. The minimum Gasteiger partial charge on any atom is -0.396 e. The van der Waals surface area contributed by atoms with Crippen LogP contribution in [-0.4, -0.2) is 22.4 Å². The molecule has 0 bridgehead atoms. The third-order valence-electron chi connectivity index (χ3n) is 2.15. The van der Waals surface area contributed by atoms with Gasteiger partial charge in [0, 0.05) is 6.61 Å². The fraction of sp³-hybridized carbons (Fsp3) is 1.00. The zero-order valence-corrected chi connectivity index (χ0v) is 9.38. The van der Waals surface area contributed by atoms with Crippen LogP contribution in [0.25, 0.3) is 0 Å². The molecule has 0 spiro atoms. The van der Waals surface area contributed by atoms with Crippen molar-refractivity contribution >= 4 is 0 Å². The van der Waals surface area contributed by atoms with E-state index in [0.717, 1.165) is 12.8 Å². The number of hydrogen-bond acceptors (Lipinski definition) is 2. The lowest BCUT2D eigenvalue weighted by molar-refractivity contribution is -0.0193. The van der Waals surface area contributed by atoms with E-state index in [1.165, 1.54) is 0 Å². The van der Waals surface area contributed by atoms with Gasteiger partial charge in [0.2, 0.25) is 0 Å². The first-order valence-corrected chi connectivity index (χ1v) is 5.23. The lowest BCUT2D eigenvalue weighted by atomic mass is 9.83. The van der Waals surface area contributed by atoms with E-state index in [-0.39, 0.29) is 6.61 Å². The zero-order chi connectivity index (χ0) is 10.5. The average Bonchev–Trinajstić information content (AvgIpc) is 1.81. The molecule has 80 valence electrons. The van der Waals surface area contributed by atoms with Crippen LogP contribution in [0.4, 0.5) is 0 Å². The van der Waals surface area contributed by atoms with Crippen molar-refractivity contribution in [1.82, 2.24) is 0 Å². The van der Waals surface area contributed by atoms with E-state index >= 15 is 0 Å². The van der Waals surface area contributed by atoms with Crippen molar-refractivity contribution in [1.29, 1.82) is 0 Å². The summed E-state index contributed by atoms with van der Waals surface area (Å²) in [4.78, 5) is 0. The lowest BCUT2D eigenvalue weighted by Crippen LogP contribution is -2.33. The van der Waals surface area contributed by atoms with Crippen LogP contribution in [-0.2, 0) is 0 Å². The van der Waals surface area contributed by atoms with E-state index in [0.29, 0.717) is 18.3 Å². The molecule has 0 saturated carbocycles. The Morgan fingerprint density at radius 2 is 1.38 bits per heavy atom. The molecule has 0 heterocycles. The quantitative estimate of drug-likeness (QED) is 0.671. The molecule has 0 aromatic rings. The van der Waals surface area contributed by atoms with Gasteiger partial charge < -0.3 is 10.2 Å². The molecular weight excluding hydrogens is 164 g/mol. The topological polar surface area (TPSA) is 40.5 Å². The van der Waals surface area contributed by atoms with Crippen LogP contribution >= 0.6 is 0 Å². The highest BCUT2D eigenvalue weighted by molar-refractivity contribution is 4.80. The minimum atomic E-state index is -0.656. The monoisotopic (exact) mass is 188 g/mol. The molecule has 0 unspecified atom stereocenters. The Hall–Kier alpha value is -0.0800. The first-order valence-electron chi connectivity index (χ1n) is 5.23. The van der Waals surface area contributed by atoms with Crippen LogP contribution in [0.5, 0.6) is 0 Å². The van der Waals surface area contributed by atoms with Crippen LogP contribution in [0.3, 0.4) is 0 Å². The van der Waals surface area contributed by atoms with E-state index in [4.69, 9.17) is 5.11 Å². The Balaban J connectivity index is 4.15. The highest BCUT2D eigenvalue weighted by atomic mass is 16.3. The number of hydrogen-bond donors (Lipinski definition) is 2. The highest BCUT2D eigenvalue weighted by Crippen LogP contribution is 2.27. The summed E-state index contributed by atoms with van der Waals surface area (Å²) in [5, 5.41) is 19.1.